The summed E-state index contributed by atoms with van der Waals surface area (Å²) in [5.74, 6) is -1.66. The van der Waals surface area contributed by atoms with Gasteiger partial charge in [-0.2, -0.15) is 0 Å². The molecule has 2 aromatic rings. The molecule has 0 bridgehead atoms. The molecule has 9 nitrogen and oxygen atoms in total. The van der Waals surface area contributed by atoms with Gasteiger partial charge in [-0.1, -0.05) is 11.6 Å². The number of amides is 2. The second kappa shape index (κ2) is 9.36. The molecule has 2 amide bonds. The number of hydrogen-bond acceptors (Lipinski definition) is 7. The van der Waals surface area contributed by atoms with E-state index in [0.717, 1.165) is 0 Å². The number of carbonyl (C=O) groups excluding carboxylic acids is 3. The van der Waals surface area contributed by atoms with E-state index < -0.39 is 27.5 Å². The van der Waals surface area contributed by atoms with Crippen LogP contribution in [0.5, 0.6) is 5.75 Å². The molecule has 0 fully saturated rings. The average molecular weight is 467 g/mol. The molecular formula is C20H19ClN2O7S. The van der Waals surface area contributed by atoms with Crippen LogP contribution in [0.25, 0.3) is 0 Å². The van der Waals surface area contributed by atoms with E-state index in [9.17, 15) is 22.8 Å². The Labute approximate surface area is 183 Å². The maximum atomic E-state index is 12.7. The number of carbonyl (C=O) groups is 3. The Morgan fingerprint density at radius 2 is 1.94 bits per heavy atom. The molecule has 0 saturated heterocycles. The van der Waals surface area contributed by atoms with Crippen molar-refractivity contribution in [3.05, 3.63) is 47.0 Å². The van der Waals surface area contributed by atoms with Crippen LogP contribution in [0.4, 0.5) is 11.4 Å². The molecule has 1 heterocycles. The fourth-order valence-corrected chi connectivity index (χ4v) is 4.62. The van der Waals surface area contributed by atoms with Crippen molar-refractivity contribution in [1.82, 2.24) is 0 Å². The van der Waals surface area contributed by atoms with Crippen LogP contribution in [-0.4, -0.2) is 45.2 Å². The molecular weight excluding hydrogens is 448 g/mol. The Morgan fingerprint density at radius 1 is 1.23 bits per heavy atom. The highest BCUT2D eigenvalue weighted by Gasteiger charge is 2.25. The van der Waals surface area contributed by atoms with E-state index in [0.29, 0.717) is 11.3 Å². The first-order chi connectivity index (χ1) is 14.7. The van der Waals surface area contributed by atoms with Crippen molar-refractivity contribution >= 4 is 50.6 Å². The van der Waals surface area contributed by atoms with Gasteiger partial charge in [-0.15, -0.1) is 0 Å². The van der Waals surface area contributed by atoms with E-state index in [1.165, 1.54) is 36.4 Å². The van der Waals surface area contributed by atoms with Crippen molar-refractivity contribution in [2.75, 3.05) is 29.6 Å². The lowest BCUT2D eigenvalue weighted by Crippen LogP contribution is -2.25. The third-order valence-corrected chi connectivity index (χ3v) is 6.45. The van der Waals surface area contributed by atoms with Gasteiger partial charge in [0.25, 0.3) is 5.91 Å². The minimum Gasteiger partial charge on any atom is -0.482 e. The van der Waals surface area contributed by atoms with Crippen molar-refractivity contribution in [2.45, 2.75) is 18.2 Å². The van der Waals surface area contributed by atoms with Gasteiger partial charge in [0.2, 0.25) is 5.91 Å². The highest BCUT2D eigenvalue weighted by atomic mass is 35.5. The van der Waals surface area contributed by atoms with Crippen LogP contribution in [0.1, 0.15) is 23.7 Å². The molecule has 3 rings (SSSR count). The Hall–Kier alpha value is -3.11. The lowest BCUT2D eigenvalue weighted by atomic mass is 10.2. The average Bonchev–Trinajstić information content (AvgIpc) is 2.72. The number of sulfone groups is 1. The number of hydrogen-bond donors (Lipinski definition) is 2. The zero-order valence-electron chi connectivity index (χ0n) is 16.4. The van der Waals surface area contributed by atoms with Gasteiger partial charge in [0.1, 0.15) is 5.75 Å². The number of esters is 1. The standard InChI is InChI=1S/C20H19ClN2O7S/c1-2-29-20(26)12-3-5-13(6-4-12)22-18(24)7-8-31(27,28)17-10-16-15(9-14(17)21)23-19(25)11-30-16/h3-6,9-10H,2,7-8,11H2,1H3,(H,22,24)(H,23,25). The Balaban J connectivity index is 1.63. The van der Waals surface area contributed by atoms with Crippen LogP contribution in [0, 0.1) is 0 Å². The van der Waals surface area contributed by atoms with Crippen LogP contribution >= 0.6 is 11.6 Å². The summed E-state index contributed by atoms with van der Waals surface area (Å²) in [4.78, 5) is 35.0. The summed E-state index contributed by atoms with van der Waals surface area (Å²) in [7, 11) is -3.90. The minimum atomic E-state index is -3.90. The van der Waals surface area contributed by atoms with Crippen LogP contribution in [0.3, 0.4) is 0 Å². The Bertz CT molecular complexity index is 1130. The molecule has 31 heavy (non-hydrogen) atoms. The Morgan fingerprint density at radius 3 is 2.61 bits per heavy atom. The summed E-state index contributed by atoms with van der Waals surface area (Å²) in [6.45, 7) is 1.72. The van der Waals surface area contributed by atoms with Crippen LogP contribution in [0.2, 0.25) is 5.02 Å². The SMILES string of the molecule is CCOC(=O)c1ccc(NC(=O)CCS(=O)(=O)c2cc3c(cc2Cl)NC(=O)CO3)cc1. The van der Waals surface area contributed by atoms with Gasteiger partial charge in [-0.3, -0.25) is 9.59 Å². The quantitative estimate of drug-likeness (QED) is 0.600. The first-order valence-electron chi connectivity index (χ1n) is 9.25. The second-order valence-corrected chi connectivity index (χ2v) is 9.02. The molecule has 0 atom stereocenters. The first kappa shape index (κ1) is 22.6. The van der Waals surface area contributed by atoms with E-state index in [2.05, 4.69) is 10.6 Å². The summed E-state index contributed by atoms with van der Waals surface area (Å²) in [5, 5.41) is 5.03. The van der Waals surface area contributed by atoms with Crippen LogP contribution in [-0.2, 0) is 24.2 Å². The van der Waals surface area contributed by atoms with E-state index in [1.54, 1.807) is 6.92 Å². The molecule has 11 heteroatoms. The zero-order chi connectivity index (χ0) is 22.6. The molecule has 1 aliphatic heterocycles. The summed E-state index contributed by atoms with van der Waals surface area (Å²) in [5.41, 5.74) is 1.03. The van der Waals surface area contributed by atoms with Crippen molar-refractivity contribution in [3.8, 4) is 5.75 Å². The highest BCUT2D eigenvalue weighted by molar-refractivity contribution is 7.91. The summed E-state index contributed by atoms with van der Waals surface area (Å²) in [6.07, 6.45) is -0.313. The molecule has 164 valence electrons. The van der Waals surface area contributed by atoms with Crippen molar-refractivity contribution in [1.29, 1.82) is 0 Å². The summed E-state index contributed by atoms with van der Waals surface area (Å²) < 4.78 is 35.5. The second-order valence-electron chi connectivity index (χ2n) is 6.53. The van der Waals surface area contributed by atoms with Gasteiger partial charge in [0.05, 0.1) is 33.5 Å². The molecule has 0 radical (unpaired) electrons. The monoisotopic (exact) mass is 466 g/mol. The predicted octanol–water partition coefficient (Wildman–Crippen LogP) is 2.65. The van der Waals surface area contributed by atoms with Gasteiger partial charge in [0, 0.05) is 18.2 Å². The zero-order valence-corrected chi connectivity index (χ0v) is 18.0. The maximum Gasteiger partial charge on any atom is 0.338 e. The van der Waals surface area contributed by atoms with E-state index in [-0.39, 0.29) is 46.9 Å². The third-order valence-electron chi connectivity index (χ3n) is 4.28. The number of nitrogens with one attached hydrogen (secondary N) is 2. The van der Waals surface area contributed by atoms with Crippen molar-refractivity contribution in [3.63, 3.8) is 0 Å². The van der Waals surface area contributed by atoms with E-state index in [1.807, 2.05) is 0 Å². The number of ether oxygens (including phenoxy) is 2. The number of halogens is 1. The lowest BCUT2D eigenvalue weighted by molar-refractivity contribution is -0.118. The summed E-state index contributed by atoms with van der Waals surface area (Å²) in [6, 6.07) is 8.56. The topological polar surface area (TPSA) is 128 Å². The number of anilines is 2. The molecule has 0 saturated carbocycles. The molecule has 0 unspecified atom stereocenters. The molecule has 1 aliphatic rings. The molecule has 0 aliphatic carbocycles. The van der Waals surface area contributed by atoms with Gasteiger partial charge in [0.15, 0.2) is 16.4 Å². The van der Waals surface area contributed by atoms with Gasteiger partial charge in [-0.05, 0) is 37.3 Å². The normalized spacial score (nSPS) is 12.9. The molecule has 0 aromatic heterocycles. The predicted molar refractivity (Wildman–Crippen MR) is 113 cm³/mol. The number of rotatable bonds is 7. The van der Waals surface area contributed by atoms with Crippen LogP contribution in [0.15, 0.2) is 41.3 Å². The number of fused-ring (bicyclic) bond motifs is 1. The lowest BCUT2D eigenvalue weighted by Gasteiger charge is -2.19. The number of benzene rings is 2. The van der Waals surface area contributed by atoms with Gasteiger partial charge < -0.3 is 20.1 Å². The minimum absolute atomic E-state index is 0.0838. The highest BCUT2D eigenvalue weighted by Crippen LogP contribution is 2.36. The Kier molecular flexibility index (Phi) is 6.81. The summed E-state index contributed by atoms with van der Waals surface area (Å²) >= 11 is 6.08. The fourth-order valence-electron chi connectivity index (χ4n) is 2.78. The van der Waals surface area contributed by atoms with Gasteiger partial charge in [-0.25, -0.2) is 13.2 Å². The smallest absolute Gasteiger partial charge is 0.338 e. The fraction of sp³-hybridized carbons (Fsp3) is 0.250. The maximum absolute atomic E-state index is 12.7. The molecule has 0 spiro atoms. The third kappa shape index (κ3) is 5.53. The van der Waals surface area contributed by atoms with Gasteiger partial charge >= 0.3 is 5.97 Å². The van der Waals surface area contributed by atoms with E-state index in [4.69, 9.17) is 21.1 Å². The van der Waals surface area contributed by atoms with Crippen molar-refractivity contribution < 1.29 is 32.3 Å². The first-order valence-corrected chi connectivity index (χ1v) is 11.3. The van der Waals surface area contributed by atoms with Crippen LogP contribution < -0.4 is 15.4 Å². The van der Waals surface area contributed by atoms with E-state index >= 15 is 0 Å². The molecule has 2 aromatic carbocycles. The van der Waals surface area contributed by atoms with Crippen molar-refractivity contribution in [2.24, 2.45) is 0 Å². The largest absolute Gasteiger partial charge is 0.482 e. The molecule has 2 N–H and O–H groups in total.